The van der Waals surface area contributed by atoms with Crippen molar-refractivity contribution in [3.05, 3.63) is 56.3 Å². The summed E-state index contributed by atoms with van der Waals surface area (Å²) in [6, 6.07) is 5.09. The van der Waals surface area contributed by atoms with Crippen molar-refractivity contribution >= 4 is 27.5 Å². The third-order valence-electron chi connectivity index (χ3n) is 4.48. The first-order valence-electron chi connectivity index (χ1n) is 7.80. The summed E-state index contributed by atoms with van der Waals surface area (Å²) in [5, 5.41) is 1.80. The third-order valence-corrected chi connectivity index (χ3v) is 5.39. The molecule has 0 saturated carbocycles. The van der Waals surface area contributed by atoms with Crippen LogP contribution in [-0.4, -0.2) is 38.4 Å². The van der Waals surface area contributed by atoms with Crippen LogP contribution >= 0.6 is 11.3 Å². The Morgan fingerprint density at radius 1 is 1.21 bits per heavy atom. The standard InChI is InChI=1S/C16H16N4O3S/c21-14(12-2-1-6-17-12)19-7-3-10(4-8-19)20-15(22)13-11(5-9-24-13)18-16(20)23/h1-2,5-6,9-10,17H,3-4,7-8H2,(H,18,23). The van der Waals surface area contributed by atoms with Crippen molar-refractivity contribution in [3.8, 4) is 0 Å². The molecule has 0 bridgehead atoms. The first-order chi connectivity index (χ1) is 11.6. The van der Waals surface area contributed by atoms with E-state index in [2.05, 4.69) is 9.97 Å². The highest BCUT2D eigenvalue weighted by molar-refractivity contribution is 7.17. The van der Waals surface area contributed by atoms with E-state index in [-0.39, 0.29) is 23.2 Å². The first-order valence-corrected chi connectivity index (χ1v) is 8.68. The molecule has 1 fully saturated rings. The minimum atomic E-state index is -0.375. The second-order valence-corrected chi connectivity index (χ2v) is 6.79. The zero-order valence-electron chi connectivity index (χ0n) is 12.8. The van der Waals surface area contributed by atoms with E-state index in [9.17, 15) is 14.4 Å². The summed E-state index contributed by atoms with van der Waals surface area (Å²) >= 11 is 1.33. The van der Waals surface area contributed by atoms with Gasteiger partial charge in [0.15, 0.2) is 0 Å². The van der Waals surface area contributed by atoms with E-state index in [1.807, 2.05) is 0 Å². The van der Waals surface area contributed by atoms with Crippen LogP contribution in [0.5, 0.6) is 0 Å². The van der Waals surface area contributed by atoms with Gasteiger partial charge in [-0.15, -0.1) is 11.3 Å². The van der Waals surface area contributed by atoms with E-state index in [1.165, 1.54) is 15.9 Å². The number of nitrogens with zero attached hydrogens (tertiary/aromatic N) is 2. The minimum Gasteiger partial charge on any atom is -0.357 e. The Bertz CT molecular complexity index is 990. The van der Waals surface area contributed by atoms with Crippen LogP contribution in [0.4, 0.5) is 0 Å². The van der Waals surface area contributed by atoms with E-state index in [4.69, 9.17) is 0 Å². The number of thiophene rings is 1. The van der Waals surface area contributed by atoms with Gasteiger partial charge in [-0.1, -0.05) is 0 Å². The molecule has 0 atom stereocenters. The molecular formula is C16H16N4O3S. The molecule has 0 spiro atoms. The van der Waals surface area contributed by atoms with E-state index in [0.717, 1.165) is 0 Å². The maximum Gasteiger partial charge on any atom is 0.329 e. The van der Waals surface area contributed by atoms with Crippen molar-refractivity contribution in [2.75, 3.05) is 13.1 Å². The normalized spacial score (nSPS) is 15.9. The van der Waals surface area contributed by atoms with Crippen LogP contribution in [0.15, 0.2) is 39.4 Å². The molecule has 0 aromatic carbocycles. The molecule has 24 heavy (non-hydrogen) atoms. The minimum absolute atomic E-state index is 0.0478. The Morgan fingerprint density at radius 3 is 2.71 bits per heavy atom. The van der Waals surface area contributed by atoms with Gasteiger partial charge < -0.3 is 14.9 Å². The van der Waals surface area contributed by atoms with Crippen LogP contribution in [0.2, 0.25) is 0 Å². The number of fused-ring (bicyclic) bond motifs is 1. The molecule has 0 unspecified atom stereocenters. The summed E-state index contributed by atoms with van der Waals surface area (Å²) in [5.74, 6) is -0.0478. The highest BCUT2D eigenvalue weighted by atomic mass is 32.1. The summed E-state index contributed by atoms with van der Waals surface area (Å²) in [7, 11) is 0. The highest BCUT2D eigenvalue weighted by Gasteiger charge is 2.27. The number of H-pyrrole nitrogens is 2. The Hall–Kier alpha value is -2.61. The van der Waals surface area contributed by atoms with Crippen molar-refractivity contribution in [2.24, 2.45) is 0 Å². The fourth-order valence-corrected chi connectivity index (χ4v) is 4.03. The van der Waals surface area contributed by atoms with Crippen LogP contribution in [0.25, 0.3) is 10.2 Å². The van der Waals surface area contributed by atoms with Gasteiger partial charge in [-0.25, -0.2) is 4.79 Å². The van der Waals surface area contributed by atoms with Crippen molar-refractivity contribution < 1.29 is 4.79 Å². The molecule has 4 heterocycles. The Balaban J connectivity index is 1.57. The van der Waals surface area contributed by atoms with Crippen LogP contribution in [0.3, 0.4) is 0 Å². The molecule has 3 aromatic rings. The summed E-state index contributed by atoms with van der Waals surface area (Å²) in [4.78, 5) is 44.6. The molecule has 1 aliphatic rings. The van der Waals surface area contributed by atoms with E-state index in [1.54, 1.807) is 34.7 Å². The number of hydrogen-bond acceptors (Lipinski definition) is 4. The topological polar surface area (TPSA) is 91.0 Å². The SMILES string of the molecule is O=C(c1ccc[nH]1)N1CCC(n2c(=O)[nH]c3ccsc3c2=O)CC1. The lowest BCUT2D eigenvalue weighted by atomic mass is 10.0. The molecule has 0 radical (unpaired) electrons. The molecule has 0 aliphatic carbocycles. The van der Waals surface area contributed by atoms with Gasteiger partial charge in [-0.05, 0) is 36.4 Å². The number of aromatic nitrogens is 3. The molecule has 3 aromatic heterocycles. The molecule has 7 nitrogen and oxygen atoms in total. The van der Waals surface area contributed by atoms with Gasteiger partial charge in [-0.3, -0.25) is 14.2 Å². The summed E-state index contributed by atoms with van der Waals surface area (Å²) < 4.78 is 1.88. The van der Waals surface area contributed by atoms with Crippen molar-refractivity contribution in [2.45, 2.75) is 18.9 Å². The molecule has 1 aliphatic heterocycles. The van der Waals surface area contributed by atoms with Gasteiger partial charge >= 0.3 is 5.69 Å². The van der Waals surface area contributed by atoms with E-state index >= 15 is 0 Å². The lowest BCUT2D eigenvalue weighted by molar-refractivity contribution is 0.0687. The second kappa shape index (κ2) is 5.79. The Morgan fingerprint density at radius 2 is 2.00 bits per heavy atom. The zero-order chi connectivity index (χ0) is 16.7. The number of amides is 1. The maximum atomic E-state index is 12.6. The Kier molecular flexibility index (Phi) is 3.61. The van der Waals surface area contributed by atoms with Crippen molar-refractivity contribution in [1.82, 2.24) is 19.4 Å². The van der Waals surface area contributed by atoms with Crippen LogP contribution in [-0.2, 0) is 0 Å². The molecule has 2 N–H and O–H groups in total. The van der Waals surface area contributed by atoms with E-state index < -0.39 is 0 Å². The monoisotopic (exact) mass is 344 g/mol. The lowest BCUT2D eigenvalue weighted by Crippen LogP contribution is -2.44. The lowest BCUT2D eigenvalue weighted by Gasteiger charge is -2.32. The highest BCUT2D eigenvalue weighted by Crippen LogP contribution is 2.22. The van der Waals surface area contributed by atoms with E-state index in [0.29, 0.717) is 41.8 Å². The van der Waals surface area contributed by atoms with Gasteiger partial charge in [-0.2, -0.15) is 0 Å². The van der Waals surface area contributed by atoms with Gasteiger partial charge in [0.05, 0.1) is 5.52 Å². The maximum absolute atomic E-state index is 12.6. The van der Waals surface area contributed by atoms with Gasteiger partial charge in [0, 0.05) is 25.3 Å². The summed E-state index contributed by atoms with van der Waals surface area (Å²) in [6.45, 7) is 1.05. The third kappa shape index (κ3) is 2.39. The fraction of sp³-hybridized carbons (Fsp3) is 0.312. The van der Waals surface area contributed by atoms with Crippen LogP contribution in [0.1, 0.15) is 29.4 Å². The largest absolute Gasteiger partial charge is 0.357 e. The number of carbonyl (C=O) groups excluding carboxylic acids is 1. The predicted molar refractivity (Wildman–Crippen MR) is 91.7 cm³/mol. The second-order valence-electron chi connectivity index (χ2n) is 5.88. The quantitative estimate of drug-likeness (QED) is 0.739. The first kappa shape index (κ1) is 14.9. The number of hydrogen-bond donors (Lipinski definition) is 2. The summed E-state index contributed by atoms with van der Waals surface area (Å²) in [6.07, 6.45) is 2.90. The Labute approximate surface area is 140 Å². The average Bonchev–Trinajstić information content (AvgIpc) is 3.26. The molecule has 1 amide bonds. The van der Waals surface area contributed by atoms with Gasteiger partial charge in [0.1, 0.15) is 10.4 Å². The summed E-state index contributed by atoms with van der Waals surface area (Å²) in [5.41, 5.74) is 0.534. The van der Waals surface area contributed by atoms with Crippen LogP contribution < -0.4 is 11.2 Å². The fourth-order valence-electron chi connectivity index (χ4n) is 3.24. The van der Waals surface area contributed by atoms with Crippen molar-refractivity contribution in [3.63, 3.8) is 0 Å². The molecular weight excluding hydrogens is 328 g/mol. The van der Waals surface area contributed by atoms with Gasteiger partial charge in [0.2, 0.25) is 0 Å². The molecule has 124 valence electrons. The molecule has 1 saturated heterocycles. The number of piperidine rings is 1. The van der Waals surface area contributed by atoms with Crippen molar-refractivity contribution in [1.29, 1.82) is 0 Å². The molecule has 8 heteroatoms. The predicted octanol–water partition coefficient (Wildman–Crippen LogP) is 1.56. The van der Waals surface area contributed by atoms with Crippen LogP contribution in [0, 0.1) is 0 Å². The molecule has 4 rings (SSSR count). The number of likely N-dealkylation sites (tertiary alicyclic amines) is 1. The number of rotatable bonds is 2. The number of aromatic amines is 2. The average molecular weight is 344 g/mol. The number of carbonyl (C=O) groups is 1. The number of nitrogens with one attached hydrogen (secondary N) is 2. The van der Waals surface area contributed by atoms with Gasteiger partial charge in [0.25, 0.3) is 11.5 Å². The smallest absolute Gasteiger partial charge is 0.329 e. The zero-order valence-corrected chi connectivity index (χ0v) is 13.6.